The van der Waals surface area contributed by atoms with Crippen LogP contribution in [0.25, 0.3) is 5.69 Å². The van der Waals surface area contributed by atoms with Crippen molar-refractivity contribution in [3.05, 3.63) is 83.4 Å². The van der Waals surface area contributed by atoms with Gasteiger partial charge in [0.05, 0.1) is 5.69 Å². The summed E-state index contributed by atoms with van der Waals surface area (Å²) in [6.45, 7) is 3.79. The molecule has 0 radical (unpaired) electrons. The highest BCUT2D eigenvalue weighted by Crippen LogP contribution is 2.14. The molecule has 150 valence electrons. The summed E-state index contributed by atoms with van der Waals surface area (Å²) in [7, 11) is 0. The average Bonchev–Trinajstić information content (AvgIpc) is 3.24. The standard InChI is InChI=1S/C23H25FN4O/c24-20-5-4-6-21(15-20)28-14-11-22(26-28)23(29)25-16-18-7-9-19(10-8-18)17-27-12-2-1-3-13-27/h4-11,14-15H,1-3,12-13,16-17H2,(H,25,29). The first-order valence-corrected chi connectivity index (χ1v) is 10.1. The normalized spacial score (nSPS) is 14.7. The lowest BCUT2D eigenvalue weighted by Crippen LogP contribution is -2.29. The maximum absolute atomic E-state index is 13.4. The number of amides is 1. The number of nitrogens with zero attached hydrogens (tertiary/aromatic N) is 3. The molecule has 1 aliphatic heterocycles. The maximum Gasteiger partial charge on any atom is 0.272 e. The van der Waals surface area contributed by atoms with Crippen LogP contribution >= 0.6 is 0 Å². The number of likely N-dealkylation sites (tertiary alicyclic amines) is 1. The molecule has 2 heterocycles. The Balaban J connectivity index is 1.31. The Hall–Kier alpha value is -2.99. The van der Waals surface area contributed by atoms with Gasteiger partial charge in [-0.3, -0.25) is 9.69 Å². The quantitative estimate of drug-likeness (QED) is 0.692. The van der Waals surface area contributed by atoms with E-state index in [1.54, 1.807) is 24.4 Å². The molecule has 4 rings (SSSR count). The summed E-state index contributed by atoms with van der Waals surface area (Å²) in [5.41, 5.74) is 3.23. The van der Waals surface area contributed by atoms with Crippen LogP contribution in [0.15, 0.2) is 60.8 Å². The fourth-order valence-electron chi connectivity index (χ4n) is 3.62. The summed E-state index contributed by atoms with van der Waals surface area (Å²) in [6, 6.07) is 16.1. The van der Waals surface area contributed by atoms with Crippen molar-refractivity contribution >= 4 is 5.91 Å². The van der Waals surface area contributed by atoms with Crippen molar-refractivity contribution in [2.24, 2.45) is 0 Å². The number of rotatable bonds is 6. The van der Waals surface area contributed by atoms with Crippen LogP contribution in [0, 0.1) is 5.82 Å². The third-order valence-corrected chi connectivity index (χ3v) is 5.23. The molecule has 0 saturated carbocycles. The van der Waals surface area contributed by atoms with Gasteiger partial charge in [0.25, 0.3) is 5.91 Å². The fraction of sp³-hybridized carbons (Fsp3) is 0.304. The molecule has 1 N–H and O–H groups in total. The van der Waals surface area contributed by atoms with Crippen LogP contribution in [0.1, 0.15) is 40.9 Å². The van der Waals surface area contributed by atoms with Crippen LogP contribution in [-0.2, 0) is 13.1 Å². The van der Waals surface area contributed by atoms with Crippen molar-refractivity contribution in [1.29, 1.82) is 0 Å². The number of nitrogens with one attached hydrogen (secondary N) is 1. The Morgan fingerprint density at radius 1 is 1.00 bits per heavy atom. The monoisotopic (exact) mass is 392 g/mol. The van der Waals surface area contributed by atoms with Gasteiger partial charge in [0, 0.05) is 19.3 Å². The molecule has 0 unspecified atom stereocenters. The molecular formula is C23H25FN4O. The van der Waals surface area contributed by atoms with Crippen molar-refractivity contribution < 1.29 is 9.18 Å². The second-order valence-electron chi connectivity index (χ2n) is 7.46. The third-order valence-electron chi connectivity index (χ3n) is 5.23. The highest BCUT2D eigenvalue weighted by molar-refractivity contribution is 5.92. The summed E-state index contributed by atoms with van der Waals surface area (Å²) in [5.74, 6) is -0.592. The lowest BCUT2D eigenvalue weighted by Gasteiger charge is -2.26. The third kappa shape index (κ3) is 5.09. The van der Waals surface area contributed by atoms with Crippen LogP contribution in [0.2, 0.25) is 0 Å². The number of aromatic nitrogens is 2. The van der Waals surface area contributed by atoms with Crippen molar-refractivity contribution in [2.45, 2.75) is 32.4 Å². The average molecular weight is 392 g/mol. The van der Waals surface area contributed by atoms with Gasteiger partial charge in [-0.15, -0.1) is 0 Å². The molecule has 0 spiro atoms. The molecule has 0 bridgehead atoms. The summed E-state index contributed by atoms with van der Waals surface area (Å²) < 4.78 is 14.9. The molecule has 6 heteroatoms. The van der Waals surface area contributed by atoms with Crippen LogP contribution in [-0.4, -0.2) is 33.7 Å². The van der Waals surface area contributed by atoms with E-state index in [0.717, 1.165) is 12.1 Å². The van der Waals surface area contributed by atoms with Crippen molar-refractivity contribution in [3.8, 4) is 5.69 Å². The smallest absolute Gasteiger partial charge is 0.272 e. The minimum absolute atomic E-state index is 0.252. The molecule has 1 saturated heterocycles. The molecule has 0 atom stereocenters. The number of hydrogen-bond acceptors (Lipinski definition) is 3. The van der Waals surface area contributed by atoms with Gasteiger partial charge in [0.2, 0.25) is 0 Å². The molecule has 1 aromatic heterocycles. The fourth-order valence-corrected chi connectivity index (χ4v) is 3.62. The van der Waals surface area contributed by atoms with E-state index in [4.69, 9.17) is 0 Å². The summed E-state index contributed by atoms with van der Waals surface area (Å²) >= 11 is 0. The zero-order chi connectivity index (χ0) is 20.1. The Kier molecular flexibility index (Phi) is 6.00. The van der Waals surface area contributed by atoms with Crippen LogP contribution in [0.4, 0.5) is 4.39 Å². The van der Waals surface area contributed by atoms with Crippen molar-refractivity contribution in [1.82, 2.24) is 20.0 Å². The Morgan fingerprint density at radius 3 is 2.52 bits per heavy atom. The highest BCUT2D eigenvalue weighted by atomic mass is 19.1. The molecule has 2 aromatic carbocycles. The predicted octanol–water partition coefficient (Wildman–Crippen LogP) is 3.93. The Bertz CT molecular complexity index is 961. The second-order valence-corrected chi connectivity index (χ2v) is 7.46. The largest absolute Gasteiger partial charge is 0.347 e. The molecule has 29 heavy (non-hydrogen) atoms. The van der Waals surface area contributed by atoms with Gasteiger partial charge < -0.3 is 5.32 Å². The highest BCUT2D eigenvalue weighted by Gasteiger charge is 2.12. The molecule has 5 nitrogen and oxygen atoms in total. The van der Waals surface area contributed by atoms with E-state index in [1.165, 1.54) is 54.7 Å². The second kappa shape index (κ2) is 9.01. The molecular weight excluding hydrogens is 367 g/mol. The summed E-state index contributed by atoms with van der Waals surface area (Å²) in [6.07, 6.45) is 5.58. The minimum atomic E-state index is -0.340. The van der Waals surface area contributed by atoms with Gasteiger partial charge in [0.1, 0.15) is 5.82 Å². The molecule has 1 fully saturated rings. The van der Waals surface area contributed by atoms with E-state index in [0.29, 0.717) is 17.9 Å². The zero-order valence-corrected chi connectivity index (χ0v) is 16.4. The van der Waals surface area contributed by atoms with Crippen LogP contribution < -0.4 is 5.32 Å². The van der Waals surface area contributed by atoms with E-state index < -0.39 is 0 Å². The molecule has 3 aromatic rings. The number of carbonyl (C=O) groups is 1. The van der Waals surface area contributed by atoms with Gasteiger partial charge in [0.15, 0.2) is 5.69 Å². The lowest BCUT2D eigenvalue weighted by molar-refractivity contribution is 0.0945. The minimum Gasteiger partial charge on any atom is -0.347 e. The number of carbonyl (C=O) groups excluding carboxylic acids is 1. The Labute approximate surface area is 170 Å². The van der Waals surface area contributed by atoms with E-state index in [-0.39, 0.29) is 11.7 Å². The van der Waals surface area contributed by atoms with E-state index in [9.17, 15) is 9.18 Å². The van der Waals surface area contributed by atoms with Crippen LogP contribution in [0.3, 0.4) is 0 Å². The Morgan fingerprint density at radius 2 is 1.76 bits per heavy atom. The number of halogens is 1. The molecule has 0 aliphatic carbocycles. The summed E-state index contributed by atoms with van der Waals surface area (Å²) in [4.78, 5) is 14.9. The van der Waals surface area contributed by atoms with Gasteiger partial charge in [-0.1, -0.05) is 36.8 Å². The first-order chi connectivity index (χ1) is 14.2. The van der Waals surface area contributed by atoms with Gasteiger partial charge in [-0.25, -0.2) is 9.07 Å². The van der Waals surface area contributed by atoms with Crippen molar-refractivity contribution in [3.63, 3.8) is 0 Å². The van der Waals surface area contributed by atoms with E-state index >= 15 is 0 Å². The van der Waals surface area contributed by atoms with E-state index in [2.05, 4.69) is 39.6 Å². The maximum atomic E-state index is 13.4. The predicted molar refractivity (Wildman–Crippen MR) is 110 cm³/mol. The number of piperidine rings is 1. The van der Waals surface area contributed by atoms with Crippen LogP contribution in [0.5, 0.6) is 0 Å². The molecule has 1 aliphatic rings. The van der Waals surface area contributed by atoms with Gasteiger partial charge in [-0.2, -0.15) is 5.10 Å². The van der Waals surface area contributed by atoms with E-state index in [1.807, 2.05) is 0 Å². The zero-order valence-electron chi connectivity index (χ0n) is 16.4. The van der Waals surface area contributed by atoms with Gasteiger partial charge >= 0.3 is 0 Å². The topological polar surface area (TPSA) is 50.2 Å². The summed E-state index contributed by atoms with van der Waals surface area (Å²) in [5, 5.41) is 7.14. The number of hydrogen-bond donors (Lipinski definition) is 1. The number of benzene rings is 2. The molecule has 1 amide bonds. The SMILES string of the molecule is O=C(NCc1ccc(CN2CCCCC2)cc1)c1ccn(-c2cccc(F)c2)n1. The first kappa shape index (κ1) is 19.3. The lowest BCUT2D eigenvalue weighted by atomic mass is 10.1. The first-order valence-electron chi connectivity index (χ1n) is 10.1. The van der Waals surface area contributed by atoms with Gasteiger partial charge in [-0.05, 0) is 61.3 Å². The van der Waals surface area contributed by atoms with Crippen molar-refractivity contribution in [2.75, 3.05) is 13.1 Å².